The molecule has 0 fully saturated rings. The lowest BCUT2D eigenvalue weighted by molar-refractivity contribution is 0.139. The molecule has 16 heavy (non-hydrogen) atoms. The van der Waals surface area contributed by atoms with E-state index in [-0.39, 0.29) is 0 Å². The van der Waals surface area contributed by atoms with Crippen LogP contribution in [0.25, 0.3) is 0 Å². The summed E-state index contributed by atoms with van der Waals surface area (Å²) in [6.07, 6.45) is 2.78. The van der Waals surface area contributed by atoms with Gasteiger partial charge < -0.3 is 10.1 Å². The van der Waals surface area contributed by atoms with E-state index in [0.717, 1.165) is 30.5 Å². The van der Waals surface area contributed by atoms with Crippen molar-refractivity contribution in [1.29, 1.82) is 0 Å². The van der Waals surface area contributed by atoms with E-state index in [1.54, 1.807) is 11.3 Å². The van der Waals surface area contributed by atoms with Crippen molar-refractivity contribution in [1.82, 2.24) is 5.32 Å². The number of halogens is 1. The van der Waals surface area contributed by atoms with Crippen molar-refractivity contribution in [2.45, 2.75) is 19.4 Å². The van der Waals surface area contributed by atoms with Crippen LogP contribution in [-0.4, -0.2) is 19.8 Å². The second-order valence-electron chi connectivity index (χ2n) is 3.51. The van der Waals surface area contributed by atoms with Crippen LogP contribution in [0.5, 0.6) is 0 Å². The zero-order chi connectivity index (χ0) is 11.8. The lowest BCUT2D eigenvalue weighted by Gasteiger charge is -2.11. The van der Waals surface area contributed by atoms with Crippen molar-refractivity contribution < 1.29 is 4.74 Å². The Balaban J connectivity index is 2.11. The number of hydrogen-bond donors (Lipinski definition) is 1. The van der Waals surface area contributed by atoms with Gasteiger partial charge in [0.1, 0.15) is 0 Å². The molecule has 1 heterocycles. The fraction of sp³-hybridized carbons (Fsp3) is 0.500. The fourth-order valence-corrected chi connectivity index (χ4v) is 2.37. The van der Waals surface area contributed by atoms with Crippen LogP contribution in [0.2, 0.25) is 4.34 Å². The molecule has 0 saturated carbocycles. The highest BCUT2D eigenvalue weighted by Gasteiger charge is 2.06. The lowest BCUT2D eigenvalue weighted by Crippen LogP contribution is -2.22. The third-order valence-electron chi connectivity index (χ3n) is 2.18. The van der Waals surface area contributed by atoms with Crippen molar-refractivity contribution in [3.8, 4) is 0 Å². The van der Waals surface area contributed by atoms with Crippen molar-refractivity contribution in [2.24, 2.45) is 0 Å². The molecule has 1 aromatic rings. The first kappa shape index (κ1) is 13.7. The Kier molecular flexibility index (Phi) is 6.73. The molecule has 0 saturated heterocycles. The minimum atomic E-state index is 0.334. The first-order valence-corrected chi connectivity index (χ1v) is 6.60. The van der Waals surface area contributed by atoms with Gasteiger partial charge in [-0.15, -0.1) is 17.9 Å². The first-order valence-electron chi connectivity index (χ1n) is 5.41. The summed E-state index contributed by atoms with van der Waals surface area (Å²) in [5, 5.41) is 3.39. The molecule has 4 heteroatoms. The van der Waals surface area contributed by atoms with Crippen molar-refractivity contribution in [3.63, 3.8) is 0 Å². The molecule has 0 spiro atoms. The van der Waals surface area contributed by atoms with Gasteiger partial charge in [-0.1, -0.05) is 17.7 Å². The largest absolute Gasteiger partial charge is 0.380 e. The maximum absolute atomic E-state index is 5.88. The Labute approximate surface area is 106 Å². The third kappa shape index (κ3) is 5.12. The molecule has 90 valence electrons. The van der Waals surface area contributed by atoms with E-state index in [2.05, 4.69) is 24.9 Å². The molecule has 0 aliphatic rings. The molecule has 0 amide bonds. The van der Waals surface area contributed by atoms with Crippen LogP contribution in [0.15, 0.2) is 24.8 Å². The Bertz CT molecular complexity index is 314. The van der Waals surface area contributed by atoms with Crippen LogP contribution in [0.4, 0.5) is 0 Å². The summed E-state index contributed by atoms with van der Waals surface area (Å²) in [5.74, 6) is 0. The highest BCUT2D eigenvalue weighted by molar-refractivity contribution is 7.16. The molecule has 1 rings (SSSR count). The predicted octanol–water partition coefficient (Wildman–Crippen LogP) is 3.64. The Hall–Kier alpha value is -0.350. The zero-order valence-corrected chi connectivity index (χ0v) is 11.1. The lowest BCUT2D eigenvalue weighted by atomic mass is 10.3. The molecule has 0 aliphatic carbocycles. The van der Waals surface area contributed by atoms with E-state index in [0.29, 0.717) is 6.04 Å². The molecule has 1 unspecified atom stereocenters. The Morgan fingerprint density at radius 3 is 3.00 bits per heavy atom. The van der Waals surface area contributed by atoms with Gasteiger partial charge in [0.2, 0.25) is 0 Å². The van der Waals surface area contributed by atoms with E-state index in [4.69, 9.17) is 16.3 Å². The van der Waals surface area contributed by atoms with Gasteiger partial charge in [0.25, 0.3) is 0 Å². The quantitative estimate of drug-likeness (QED) is 0.568. The monoisotopic (exact) mass is 259 g/mol. The van der Waals surface area contributed by atoms with Crippen LogP contribution >= 0.6 is 22.9 Å². The van der Waals surface area contributed by atoms with Gasteiger partial charge in [0, 0.05) is 17.5 Å². The zero-order valence-electron chi connectivity index (χ0n) is 9.54. The molecule has 1 atom stereocenters. The van der Waals surface area contributed by atoms with Gasteiger partial charge in [0.05, 0.1) is 17.6 Å². The van der Waals surface area contributed by atoms with Crippen LogP contribution in [0, 0.1) is 0 Å². The summed E-state index contributed by atoms with van der Waals surface area (Å²) < 4.78 is 6.25. The van der Waals surface area contributed by atoms with Crippen LogP contribution in [0.1, 0.15) is 24.3 Å². The fourth-order valence-electron chi connectivity index (χ4n) is 1.28. The van der Waals surface area contributed by atoms with Gasteiger partial charge >= 0.3 is 0 Å². The smallest absolute Gasteiger partial charge is 0.0931 e. The SMILES string of the molecule is C=CCCOCCNC(C)c1ccc(Cl)s1. The van der Waals surface area contributed by atoms with E-state index < -0.39 is 0 Å². The second kappa shape index (κ2) is 7.85. The molecule has 0 aromatic carbocycles. The molecule has 1 aromatic heterocycles. The summed E-state index contributed by atoms with van der Waals surface area (Å²) in [7, 11) is 0. The highest BCUT2D eigenvalue weighted by atomic mass is 35.5. The molecule has 2 nitrogen and oxygen atoms in total. The minimum absolute atomic E-state index is 0.334. The van der Waals surface area contributed by atoms with E-state index >= 15 is 0 Å². The number of hydrogen-bond acceptors (Lipinski definition) is 3. The number of ether oxygens (including phenoxy) is 1. The van der Waals surface area contributed by atoms with Gasteiger partial charge in [-0.25, -0.2) is 0 Å². The summed E-state index contributed by atoms with van der Waals surface area (Å²) in [4.78, 5) is 1.26. The van der Waals surface area contributed by atoms with Gasteiger partial charge in [-0.05, 0) is 25.5 Å². The van der Waals surface area contributed by atoms with Crippen LogP contribution < -0.4 is 5.32 Å². The Morgan fingerprint density at radius 1 is 1.56 bits per heavy atom. The molecule has 1 N–H and O–H groups in total. The summed E-state index contributed by atoms with van der Waals surface area (Å²) in [6, 6.07) is 4.32. The Morgan fingerprint density at radius 2 is 2.38 bits per heavy atom. The summed E-state index contributed by atoms with van der Waals surface area (Å²) in [6.45, 7) is 8.12. The van der Waals surface area contributed by atoms with Gasteiger partial charge in [-0.3, -0.25) is 0 Å². The molecular weight excluding hydrogens is 242 g/mol. The van der Waals surface area contributed by atoms with Crippen molar-refractivity contribution in [2.75, 3.05) is 19.8 Å². The van der Waals surface area contributed by atoms with Gasteiger partial charge in [-0.2, -0.15) is 0 Å². The van der Waals surface area contributed by atoms with Gasteiger partial charge in [0.15, 0.2) is 0 Å². The molecule has 0 radical (unpaired) electrons. The van der Waals surface area contributed by atoms with E-state index in [1.807, 2.05) is 12.1 Å². The molecule has 0 bridgehead atoms. The average Bonchev–Trinajstić information content (AvgIpc) is 2.70. The average molecular weight is 260 g/mol. The topological polar surface area (TPSA) is 21.3 Å². The number of nitrogens with one attached hydrogen (secondary N) is 1. The van der Waals surface area contributed by atoms with Crippen molar-refractivity contribution in [3.05, 3.63) is 34.0 Å². The summed E-state index contributed by atoms with van der Waals surface area (Å²) in [5.41, 5.74) is 0. The van der Waals surface area contributed by atoms with Crippen LogP contribution in [-0.2, 0) is 4.74 Å². The molecular formula is C12H18ClNOS. The van der Waals surface area contributed by atoms with Crippen molar-refractivity contribution >= 4 is 22.9 Å². The predicted molar refractivity (Wildman–Crippen MR) is 71.4 cm³/mol. The minimum Gasteiger partial charge on any atom is -0.380 e. The third-order valence-corrected chi connectivity index (χ3v) is 3.60. The maximum Gasteiger partial charge on any atom is 0.0931 e. The number of thiophene rings is 1. The maximum atomic E-state index is 5.88. The van der Waals surface area contributed by atoms with E-state index in [9.17, 15) is 0 Å². The normalized spacial score (nSPS) is 12.6. The number of rotatable bonds is 8. The highest BCUT2D eigenvalue weighted by Crippen LogP contribution is 2.26. The standard InChI is InChI=1S/C12H18ClNOS/c1-3-4-8-15-9-7-14-10(2)11-5-6-12(13)16-11/h3,5-6,10,14H,1,4,7-9H2,2H3. The second-order valence-corrected chi connectivity index (χ2v) is 5.25. The molecule has 0 aliphatic heterocycles. The van der Waals surface area contributed by atoms with Crippen LogP contribution in [0.3, 0.4) is 0 Å². The summed E-state index contributed by atoms with van der Waals surface area (Å²) >= 11 is 7.50. The van der Waals surface area contributed by atoms with E-state index in [1.165, 1.54) is 4.88 Å². The first-order chi connectivity index (χ1) is 7.74.